The Hall–Kier alpha value is -1.22. The van der Waals surface area contributed by atoms with Gasteiger partial charge in [-0.2, -0.15) is 0 Å². The molecule has 0 atom stereocenters. The van der Waals surface area contributed by atoms with E-state index in [4.69, 9.17) is 9.47 Å². The van der Waals surface area contributed by atoms with Crippen LogP contribution >= 0.6 is 0 Å². The number of hydrogen-bond donors (Lipinski definition) is 1. The second-order valence-electron chi connectivity index (χ2n) is 4.16. The van der Waals surface area contributed by atoms with Gasteiger partial charge in [0.05, 0.1) is 14.2 Å². The Kier molecular flexibility index (Phi) is 3.67. The van der Waals surface area contributed by atoms with Crippen LogP contribution in [0.2, 0.25) is 0 Å². The molecule has 0 radical (unpaired) electrons. The Bertz CT molecular complexity index is 348. The summed E-state index contributed by atoms with van der Waals surface area (Å²) < 4.78 is 10.7. The lowest BCUT2D eigenvalue weighted by Gasteiger charge is -2.27. The molecule has 88 valence electrons. The van der Waals surface area contributed by atoms with Gasteiger partial charge in [0, 0.05) is 18.2 Å². The first-order chi connectivity index (χ1) is 7.85. The third-order valence-corrected chi connectivity index (χ3v) is 3.17. The maximum absolute atomic E-state index is 5.39. The minimum absolute atomic E-state index is 0.691. The van der Waals surface area contributed by atoms with Gasteiger partial charge in [0.2, 0.25) is 0 Å². The molecule has 1 aliphatic rings. The number of rotatable bonds is 5. The van der Waals surface area contributed by atoms with Crippen molar-refractivity contribution in [3.8, 4) is 11.5 Å². The van der Waals surface area contributed by atoms with Crippen molar-refractivity contribution < 1.29 is 9.47 Å². The van der Waals surface area contributed by atoms with E-state index in [2.05, 4.69) is 11.4 Å². The maximum Gasteiger partial charge on any atom is 0.165 e. The van der Waals surface area contributed by atoms with Crippen molar-refractivity contribution >= 4 is 0 Å². The van der Waals surface area contributed by atoms with Crippen LogP contribution in [0.25, 0.3) is 0 Å². The number of benzene rings is 1. The van der Waals surface area contributed by atoms with Crippen molar-refractivity contribution in [2.45, 2.75) is 31.8 Å². The molecule has 1 aromatic carbocycles. The van der Waals surface area contributed by atoms with Crippen molar-refractivity contribution in [1.82, 2.24) is 5.32 Å². The molecule has 0 aliphatic heterocycles. The van der Waals surface area contributed by atoms with E-state index in [1.54, 1.807) is 14.2 Å². The van der Waals surface area contributed by atoms with Crippen molar-refractivity contribution in [3.63, 3.8) is 0 Å². The summed E-state index contributed by atoms with van der Waals surface area (Å²) in [5.41, 5.74) is 1.16. The predicted molar refractivity (Wildman–Crippen MR) is 64.0 cm³/mol. The highest BCUT2D eigenvalue weighted by atomic mass is 16.5. The first-order valence-electron chi connectivity index (χ1n) is 5.78. The fourth-order valence-electron chi connectivity index (χ4n) is 1.96. The largest absolute Gasteiger partial charge is 0.493 e. The van der Waals surface area contributed by atoms with Crippen LogP contribution in [-0.2, 0) is 6.54 Å². The van der Waals surface area contributed by atoms with Crippen LogP contribution in [0.1, 0.15) is 24.8 Å². The molecule has 0 aromatic heterocycles. The summed E-state index contributed by atoms with van der Waals surface area (Å²) in [5.74, 6) is 1.65. The van der Waals surface area contributed by atoms with Gasteiger partial charge in [0.25, 0.3) is 0 Å². The molecule has 0 amide bonds. The predicted octanol–water partition coefficient (Wildman–Crippen LogP) is 2.35. The van der Waals surface area contributed by atoms with Gasteiger partial charge in [0.15, 0.2) is 11.5 Å². The normalized spacial score (nSPS) is 15.6. The van der Waals surface area contributed by atoms with Gasteiger partial charge in [-0.1, -0.05) is 18.6 Å². The first-order valence-corrected chi connectivity index (χ1v) is 5.78. The molecule has 0 saturated heterocycles. The van der Waals surface area contributed by atoms with E-state index in [9.17, 15) is 0 Å². The third-order valence-electron chi connectivity index (χ3n) is 3.17. The summed E-state index contributed by atoms with van der Waals surface area (Å²) in [6, 6.07) is 6.69. The SMILES string of the molecule is COc1cccc(CNC2CCC2)c1OC. The van der Waals surface area contributed by atoms with Crippen LogP contribution in [0.4, 0.5) is 0 Å². The molecule has 2 rings (SSSR count). The first kappa shape index (κ1) is 11.3. The molecule has 0 spiro atoms. The molecular formula is C13H19NO2. The molecule has 0 bridgehead atoms. The fraction of sp³-hybridized carbons (Fsp3) is 0.538. The summed E-state index contributed by atoms with van der Waals surface area (Å²) in [5, 5.41) is 3.53. The molecule has 0 heterocycles. The Morgan fingerprint density at radius 2 is 2.06 bits per heavy atom. The van der Waals surface area contributed by atoms with Crippen LogP contribution < -0.4 is 14.8 Å². The molecular weight excluding hydrogens is 202 g/mol. The van der Waals surface area contributed by atoms with E-state index in [0.29, 0.717) is 6.04 Å². The number of methoxy groups -OCH3 is 2. The van der Waals surface area contributed by atoms with Crippen molar-refractivity contribution in [3.05, 3.63) is 23.8 Å². The lowest BCUT2D eigenvalue weighted by molar-refractivity contribution is 0.328. The number of nitrogens with one attached hydrogen (secondary N) is 1. The van der Waals surface area contributed by atoms with Crippen LogP contribution in [0.15, 0.2) is 18.2 Å². The Labute approximate surface area is 96.8 Å². The number of para-hydroxylation sites is 1. The van der Waals surface area contributed by atoms with Crippen LogP contribution in [0, 0.1) is 0 Å². The molecule has 0 unspecified atom stereocenters. The summed E-state index contributed by atoms with van der Waals surface area (Å²) in [6.07, 6.45) is 3.95. The highest BCUT2D eigenvalue weighted by Crippen LogP contribution is 2.31. The van der Waals surface area contributed by atoms with Gasteiger partial charge in [-0.3, -0.25) is 0 Å². The molecule has 1 aliphatic carbocycles. The fourth-order valence-corrected chi connectivity index (χ4v) is 1.96. The summed E-state index contributed by atoms with van der Waals surface area (Å²) >= 11 is 0. The van der Waals surface area contributed by atoms with Gasteiger partial charge < -0.3 is 14.8 Å². The lowest BCUT2D eigenvalue weighted by Crippen LogP contribution is -2.34. The van der Waals surface area contributed by atoms with Crippen LogP contribution in [-0.4, -0.2) is 20.3 Å². The van der Waals surface area contributed by atoms with E-state index in [1.807, 2.05) is 12.1 Å². The molecule has 3 nitrogen and oxygen atoms in total. The van der Waals surface area contributed by atoms with Crippen molar-refractivity contribution in [2.75, 3.05) is 14.2 Å². The molecule has 1 aromatic rings. The minimum atomic E-state index is 0.691. The van der Waals surface area contributed by atoms with Crippen molar-refractivity contribution in [2.24, 2.45) is 0 Å². The second kappa shape index (κ2) is 5.21. The number of ether oxygens (including phenoxy) is 2. The lowest BCUT2D eigenvalue weighted by atomic mass is 9.93. The Morgan fingerprint density at radius 3 is 2.62 bits per heavy atom. The highest BCUT2D eigenvalue weighted by molar-refractivity contribution is 5.46. The van der Waals surface area contributed by atoms with Crippen molar-refractivity contribution in [1.29, 1.82) is 0 Å². The van der Waals surface area contributed by atoms with E-state index in [-0.39, 0.29) is 0 Å². The molecule has 3 heteroatoms. The molecule has 1 N–H and O–H groups in total. The topological polar surface area (TPSA) is 30.5 Å². The average Bonchev–Trinajstić information content (AvgIpc) is 2.26. The van der Waals surface area contributed by atoms with Gasteiger partial charge in [0.1, 0.15) is 0 Å². The summed E-state index contributed by atoms with van der Waals surface area (Å²) in [7, 11) is 3.35. The quantitative estimate of drug-likeness (QED) is 0.828. The second-order valence-corrected chi connectivity index (χ2v) is 4.16. The zero-order chi connectivity index (χ0) is 11.4. The van der Waals surface area contributed by atoms with Gasteiger partial charge in [-0.25, -0.2) is 0 Å². The summed E-state index contributed by atoms with van der Waals surface area (Å²) in [4.78, 5) is 0. The molecule has 16 heavy (non-hydrogen) atoms. The number of hydrogen-bond acceptors (Lipinski definition) is 3. The third kappa shape index (κ3) is 2.30. The molecule has 1 fully saturated rings. The van der Waals surface area contributed by atoms with E-state index < -0.39 is 0 Å². The van der Waals surface area contributed by atoms with E-state index >= 15 is 0 Å². The zero-order valence-electron chi connectivity index (χ0n) is 9.95. The van der Waals surface area contributed by atoms with Gasteiger partial charge in [-0.05, 0) is 18.9 Å². The monoisotopic (exact) mass is 221 g/mol. The smallest absolute Gasteiger partial charge is 0.165 e. The van der Waals surface area contributed by atoms with E-state index in [0.717, 1.165) is 23.6 Å². The van der Waals surface area contributed by atoms with Crippen LogP contribution in [0.3, 0.4) is 0 Å². The van der Waals surface area contributed by atoms with E-state index in [1.165, 1.54) is 19.3 Å². The summed E-state index contributed by atoms with van der Waals surface area (Å²) in [6.45, 7) is 0.852. The highest BCUT2D eigenvalue weighted by Gasteiger charge is 2.17. The van der Waals surface area contributed by atoms with Gasteiger partial charge >= 0.3 is 0 Å². The van der Waals surface area contributed by atoms with Crippen LogP contribution in [0.5, 0.6) is 11.5 Å². The minimum Gasteiger partial charge on any atom is -0.493 e. The zero-order valence-corrected chi connectivity index (χ0v) is 9.95. The molecule has 1 saturated carbocycles. The Balaban J connectivity index is 2.05. The average molecular weight is 221 g/mol. The standard InChI is InChI=1S/C13H19NO2/c1-15-12-8-3-5-10(13(12)16-2)9-14-11-6-4-7-11/h3,5,8,11,14H,4,6-7,9H2,1-2H3. The Morgan fingerprint density at radius 1 is 1.25 bits per heavy atom. The van der Waals surface area contributed by atoms with Gasteiger partial charge in [-0.15, -0.1) is 0 Å². The maximum atomic E-state index is 5.39.